The SMILES string of the molecule is Cc1c(C(=O)NCc2cccnc2)c(C(F)(F)F)nn1Cc1ccc(F)cc1. The summed E-state index contributed by atoms with van der Waals surface area (Å²) in [6.45, 7) is 1.41. The number of pyridine rings is 1. The van der Waals surface area contributed by atoms with Gasteiger partial charge < -0.3 is 5.32 Å². The van der Waals surface area contributed by atoms with Crippen LogP contribution in [0.5, 0.6) is 0 Å². The zero-order valence-corrected chi connectivity index (χ0v) is 14.8. The third-order valence-corrected chi connectivity index (χ3v) is 4.12. The Morgan fingerprint density at radius 1 is 1.14 bits per heavy atom. The molecule has 0 unspecified atom stereocenters. The van der Waals surface area contributed by atoms with Gasteiger partial charge in [0.1, 0.15) is 5.82 Å². The summed E-state index contributed by atoms with van der Waals surface area (Å²) >= 11 is 0. The highest BCUT2D eigenvalue weighted by molar-refractivity contribution is 5.96. The van der Waals surface area contributed by atoms with Crippen molar-refractivity contribution in [1.82, 2.24) is 20.1 Å². The Labute approximate surface area is 158 Å². The highest BCUT2D eigenvalue weighted by Gasteiger charge is 2.40. The topological polar surface area (TPSA) is 59.8 Å². The molecule has 0 atom stereocenters. The van der Waals surface area contributed by atoms with Crippen LogP contribution in [0.4, 0.5) is 17.6 Å². The molecule has 0 aliphatic carbocycles. The van der Waals surface area contributed by atoms with E-state index in [0.717, 1.165) is 4.68 Å². The largest absolute Gasteiger partial charge is 0.435 e. The monoisotopic (exact) mass is 392 g/mol. The zero-order chi connectivity index (χ0) is 20.3. The van der Waals surface area contributed by atoms with Crippen LogP contribution in [0.25, 0.3) is 0 Å². The zero-order valence-electron chi connectivity index (χ0n) is 14.8. The number of rotatable bonds is 5. The Morgan fingerprint density at radius 3 is 2.46 bits per heavy atom. The lowest BCUT2D eigenvalue weighted by molar-refractivity contribution is -0.141. The van der Waals surface area contributed by atoms with Crippen LogP contribution >= 0.6 is 0 Å². The van der Waals surface area contributed by atoms with Crippen molar-refractivity contribution in [2.24, 2.45) is 0 Å². The Balaban J connectivity index is 1.89. The lowest BCUT2D eigenvalue weighted by Crippen LogP contribution is -2.26. The average Bonchev–Trinajstić information content (AvgIpc) is 2.99. The molecule has 1 N–H and O–H groups in total. The van der Waals surface area contributed by atoms with Crippen molar-refractivity contribution >= 4 is 5.91 Å². The van der Waals surface area contributed by atoms with Crippen LogP contribution in [0.15, 0.2) is 48.8 Å². The van der Waals surface area contributed by atoms with Crippen LogP contribution in [0, 0.1) is 12.7 Å². The molecule has 1 amide bonds. The van der Waals surface area contributed by atoms with Crippen molar-refractivity contribution in [2.75, 3.05) is 0 Å². The van der Waals surface area contributed by atoms with Crippen molar-refractivity contribution < 1.29 is 22.4 Å². The second kappa shape index (κ2) is 7.79. The second-order valence-electron chi connectivity index (χ2n) is 6.13. The van der Waals surface area contributed by atoms with Gasteiger partial charge in [-0.2, -0.15) is 18.3 Å². The number of hydrogen-bond acceptors (Lipinski definition) is 3. The summed E-state index contributed by atoms with van der Waals surface area (Å²) < 4.78 is 54.4. The first-order chi connectivity index (χ1) is 13.3. The number of halogens is 4. The molecule has 28 heavy (non-hydrogen) atoms. The van der Waals surface area contributed by atoms with Gasteiger partial charge in [0.05, 0.1) is 12.1 Å². The number of hydrogen-bond donors (Lipinski definition) is 1. The van der Waals surface area contributed by atoms with Crippen LogP contribution in [0.2, 0.25) is 0 Å². The van der Waals surface area contributed by atoms with E-state index in [2.05, 4.69) is 15.4 Å². The van der Waals surface area contributed by atoms with Crippen molar-refractivity contribution in [3.05, 3.63) is 82.7 Å². The molecule has 9 heteroatoms. The second-order valence-corrected chi connectivity index (χ2v) is 6.13. The maximum Gasteiger partial charge on any atom is 0.435 e. The average molecular weight is 392 g/mol. The van der Waals surface area contributed by atoms with Gasteiger partial charge >= 0.3 is 6.18 Å². The molecule has 2 heterocycles. The van der Waals surface area contributed by atoms with E-state index in [9.17, 15) is 22.4 Å². The summed E-state index contributed by atoms with van der Waals surface area (Å²) in [6.07, 6.45) is -1.73. The minimum Gasteiger partial charge on any atom is -0.348 e. The summed E-state index contributed by atoms with van der Waals surface area (Å²) in [4.78, 5) is 16.4. The minimum atomic E-state index is -4.79. The number of nitrogens with one attached hydrogen (secondary N) is 1. The summed E-state index contributed by atoms with van der Waals surface area (Å²) in [5, 5.41) is 6.07. The van der Waals surface area contributed by atoms with Gasteiger partial charge in [-0.3, -0.25) is 14.5 Å². The molecule has 146 valence electrons. The molecule has 0 aliphatic heterocycles. The highest BCUT2D eigenvalue weighted by atomic mass is 19.4. The fourth-order valence-electron chi connectivity index (χ4n) is 2.71. The molecular weight excluding hydrogens is 376 g/mol. The van der Waals surface area contributed by atoms with Gasteiger partial charge in [0.25, 0.3) is 5.91 Å². The molecular formula is C19H16F4N4O. The third kappa shape index (κ3) is 4.36. The molecule has 0 radical (unpaired) electrons. The van der Waals surface area contributed by atoms with Crippen LogP contribution < -0.4 is 5.32 Å². The van der Waals surface area contributed by atoms with E-state index < -0.39 is 29.2 Å². The molecule has 3 aromatic rings. The highest BCUT2D eigenvalue weighted by Crippen LogP contribution is 2.32. The number of carbonyl (C=O) groups excluding carboxylic acids is 1. The Kier molecular flexibility index (Phi) is 5.43. The van der Waals surface area contributed by atoms with Gasteiger partial charge in [0, 0.05) is 24.6 Å². The number of carbonyl (C=O) groups is 1. The summed E-state index contributed by atoms with van der Waals surface area (Å²) in [6, 6.07) is 8.68. The normalized spacial score (nSPS) is 11.5. The van der Waals surface area contributed by atoms with Gasteiger partial charge in [-0.25, -0.2) is 4.39 Å². The minimum absolute atomic E-state index is 0.0227. The number of amides is 1. The fourth-order valence-corrected chi connectivity index (χ4v) is 2.71. The predicted molar refractivity (Wildman–Crippen MR) is 92.9 cm³/mol. The molecule has 0 aliphatic rings. The van der Waals surface area contributed by atoms with E-state index >= 15 is 0 Å². The van der Waals surface area contributed by atoms with Crippen molar-refractivity contribution in [3.8, 4) is 0 Å². The first-order valence-corrected chi connectivity index (χ1v) is 8.32. The number of benzene rings is 1. The van der Waals surface area contributed by atoms with Crippen LogP contribution in [0.1, 0.15) is 32.9 Å². The van der Waals surface area contributed by atoms with E-state index in [-0.39, 0.29) is 18.8 Å². The molecule has 0 fully saturated rings. The molecule has 2 aromatic heterocycles. The lowest BCUT2D eigenvalue weighted by Gasteiger charge is -2.08. The summed E-state index contributed by atoms with van der Waals surface area (Å²) in [5.74, 6) is -1.33. The Hall–Kier alpha value is -3.23. The maximum absolute atomic E-state index is 13.4. The van der Waals surface area contributed by atoms with Gasteiger partial charge in [-0.1, -0.05) is 18.2 Å². The number of alkyl halides is 3. The number of aromatic nitrogens is 3. The van der Waals surface area contributed by atoms with Gasteiger partial charge in [-0.05, 0) is 36.2 Å². The Bertz CT molecular complexity index is 966. The lowest BCUT2D eigenvalue weighted by atomic mass is 10.1. The third-order valence-electron chi connectivity index (χ3n) is 4.12. The van der Waals surface area contributed by atoms with Crippen molar-refractivity contribution in [3.63, 3.8) is 0 Å². The van der Waals surface area contributed by atoms with E-state index in [1.165, 1.54) is 37.4 Å². The van der Waals surface area contributed by atoms with Crippen LogP contribution in [0.3, 0.4) is 0 Å². The fraction of sp³-hybridized carbons (Fsp3) is 0.211. The van der Waals surface area contributed by atoms with E-state index in [1.54, 1.807) is 18.3 Å². The summed E-state index contributed by atoms with van der Waals surface area (Å²) in [5.41, 5.74) is -0.501. The molecule has 0 bridgehead atoms. The van der Waals surface area contributed by atoms with Crippen molar-refractivity contribution in [2.45, 2.75) is 26.2 Å². The first-order valence-electron chi connectivity index (χ1n) is 8.32. The van der Waals surface area contributed by atoms with Crippen LogP contribution in [-0.4, -0.2) is 20.7 Å². The van der Waals surface area contributed by atoms with Gasteiger partial charge in [0.2, 0.25) is 0 Å². The predicted octanol–water partition coefficient (Wildman–Crippen LogP) is 3.72. The molecule has 0 spiro atoms. The molecule has 0 saturated carbocycles. The maximum atomic E-state index is 13.4. The number of nitrogens with zero attached hydrogens (tertiary/aromatic N) is 3. The van der Waals surface area contributed by atoms with E-state index in [1.807, 2.05) is 0 Å². The molecule has 0 saturated heterocycles. The first kappa shape index (κ1) is 19.5. The molecule has 3 rings (SSSR count). The van der Waals surface area contributed by atoms with Gasteiger partial charge in [0.15, 0.2) is 5.69 Å². The van der Waals surface area contributed by atoms with E-state index in [4.69, 9.17) is 0 Å². The standard InChI is InChI=1S/C19H16F4N4O/c1-12-16(18(28)25-10-14-3-2-8-24-9-14)17(19(21,22)23)26-27(12)11-13-4-6-15(20)7-5-13/h2-9H,10-11H2,1H3,(H,25,28). The van der Waals surface area contributed by atoms with E-state index in [0.29, 0.717) is 11.1 Å². The smallest absolute Gasteiger partial charge is 0.348 e. The summed E-state index contributed by atoms with van der Waals surface area (Å²) in [7, 11) is 0. The molecule has 1 aromatic carbocycles. The van der Waals surface area contributed by atoms with Crippen LogP contribution in [-0.2, 0) is 19.3 Å². The Morgan fingerprint density at radius 2 is 1.86 bits per heavy atom. The quantitative estimate of drug-likeness (QED) is 0.674. The van der Waals surface area contributed by atoms with Gasteiger partial charge in [-0.15, -0.1) is 0 Å². The molecule has 5 nitrogen and oxygen atoms in total. The van der Waals surface area contributed by atoms with Crippen molar-refractivity contribution in [1.29, 1.82) is 0 Å².